The predicted molar refractivity (Wildman–Crippen MR) is 89.1 cm³/mol. The summed E-state index contributed by atoms with van der Waals surface area (Å²) in [5, 5.41) is 24.1. The van der Waals surface area contributed by atoms with Crippen LogP contribution in [0.15, 0.2) is 12.1 Å². The Morgan fingerprint density at radius 2 is 2.12 bits per heavy atom. The number of rotatable bonds is 11. The number of phenolic OH excluding ortho intramolecular Hbond substituents is 1. The van der Waals surface area contributed by atoms with Gasteiger partial charge in [0.05, 0.1) is 6.61 Å². The number of aromatic hydroxyl groups is 1. The molecule has 1 aromatic carbocycles. The Hall–Kier alpha value is -2.44. The van der Waals surface area contributed by atoms with Crippen LogP contribution in [-0.4, -0.2) is 38.6 Å². The summed E-state index contributed by atoms with van der Waals surface area (Å²) in [6, 6.07) is 3.61. The van der Waals surface area contributed by atoms with Crippen LogP contribution in [0.5, 0.6) is 11.5 Å². The van der Waals surface area contributed by atoms with Crippen LogP contribution in [0, 0.1) is 0 Å². The molecule has 0 amide bonds. The number of nitrogens with one attached hydrogen (secondary N) is 1. The van der Waals surface area contributed by atoms with Gasteiger partial charge in [0.15, 0.2) is 5.82 Å². The van der Waals surface area contributed by atoms with Crippen LogP contribution in [0.2, 0.25) is 0 Å². The van der Waals surface area contributed by atoms with Crippen LogP contribution in [0.25, 0.3) is 0 Å². The van der Waals surface area contributed by atoms with Crippen molar-refractivity contribution in [3.63, 3.8) is 0 Å². The van der Waals surface area contributed by atoms with Crippen molar-refractivity contribution in [1.29, 1.82) is 0 Å². The van der Waals surface area contributed by atoms with E-state index in [0.717, 1.165) is 56.2 Å². The van der Waals surface area contributed by atoms with E-state index in [2.05, 4.69) is 20.6 Å². The lowest BCUT2D eigenvalue weighted by atomic mass is 10.0. The van der Waals surface area contributed by atoms with E-state index in [4.69, 9.17) is 4.74 Å². The van der Waals surface area contributed by atoms with Crippen molar-refractivity contribution in [2.45, 2.75) is 51.9 Å². The molecule has 1 heterocycles. The molecule has 1 aromatic heterocycles. The Morgan fingerprint density at radius 3 is 2.83 bits per heavy atom. The Kier molecular flexibility index (Phi) is 7.20. The van der Waals surface area contributed by atoms with Crippen LogP contribution in [0.4, 0.5) is 0 Å². The highest BCUT2D eigenvalue weighted by Gasteiger charge is 2.13. The molecular weight excluding hydrogens is 308 g/mol. The number of phenols is 1. The summed E-state index contributed by atoms with van der Waals surface area (Å²) in [5.41, 5.74) is 1.45. The second-order valence-electron chi connectivity index (χ2n) is 5.66. The van der Waals surface area contributed by atoms with E-state index in [9.17, 15) is 9.90 Å². The van der Waals surface area contributed by atoms with Crippen molar-refractivity contribution in [1.82, 2.24) is 20.6 Å². The Morgan fingerprint density at radius 1 is 1.25 bits per heavy atom. The minimum Gasteiger partial charge on any atom is -0.507 e. The smallest absolute Gasteiger partial charge is 0.174 e. The number of aldehydes is 1. The number of aromatic amines is 1. The molecule has 7 heteroatoms. The van der Waals surface area contributed by atoms with E-state index in [1.807, 2.05) is 13.0 Å². The zero-order chi connectivity index (χ0) is 17.2. The lowest BCUT2D eigenvalue weighted by Crippen LogP contribution is -2.02. The second-order valence-corrected chi connectivity index (χ2v) is 5.66. The predicted octanol–water partition coefficient (Wildman–Crippen LogP) is 2.39. The van der Waals surface area contributed by atoms with Gasteiger partial charge in [-0.3, -0.25) is 0 Å². The fourth-order valence-electron chi connectivity index (χ4n) is 2.58. The van der Waals surface area contributed by atoms with Gasteiger partial charge in [-0.05, 0) is 31.7 Å². The number of hydrogen-bond acceptors (Lipinski definition) is 6. The van der Waals surface area contributed by atoms with Gasteiger partial charge in [0.25, 0.3) is 0 Å². The standard InChI is InChI=1S/C17H24N4O3/c1-2-6-14-15(9-8-13(10-11-22)17(14)23)24-12-5-3-4-7-16-18-20-21-19-16/h8-9,11,23H,2-7,10,12H2,1H3,(H,18,19,20,21). The van der Waals surface area contributed by atoms with Gasteiger partial charge in [0.2, 0.25) is 0 Å². The number of aryl methyl sites for hydroxylation is 1. The SMILES string of the molecule is CCCc1c(OCCCCCc2nn[nH]n2)ccc(CC=O)c1O. The fourth-order valence-corrected chi connectivity index (χ4v) is 2.58. The van der Waals surface area contributed by atoms with E-state index >= 15 is 0 Å². The molecule has 0 atom stereocenters. The molecule has 130 valence electrons. The Bertz CT molecular complexity index is 629. The molecule has 0 radical (unpaired) electrons. The van der Waals surface area contributed by atoms with Gasteiger partial charge in [-0.1, -0.05) is 24.6 Å². The number of benzene rings is 1. The van der Waals surface area contributed by atoms with Crippen molar-refractivity contribution < 1.29 is 14.6 Å². The highest BCUT2D eigenvalue weighted by atomic mass is 16.5. The third-order valence-electron chi connectivity index (χ3n) is 3.82. The first-order valence-electron chi connectivity index (χ1n) is 8.38. The van der Waals surface area contributed by atoms with Crippen LogP contribution in [0.1, 0.15) is 49.6 Å². The molecule has 0 saturated carbocycles. The summed E-state index contributed by atoms with van der Waals surface area (Å²) in [6.07, 6.45) is 6.36. The number of ether oxygens (including phenoxy) is 1. The number of tetrazole rings is 1. The fraction of sp³-hybridized carbons (Fsp3) is 0.529. The maximum Gasteiger partial charge on any atom is 0.174 e. The zero-order valence-electron chi connectivity index (χ0n) is 14.0. The molecule has 0 saturated heterocycles. The quantitative estimate of drug-likeness (QED) is 0.484. The van der Waals surface area contributed by atoms with Crippen molar-refractivity contribution in [2.75, 3.05) is 6.61 Å². The average molecular weight is 332 g/mol. The number of unbranched alkanes of at least 4 members (excludes halogenated alkanes) is 2. The first-order valence-corrected chi connectivity index (χ1v) is 8.38. The number of carbonyl (C=O) groups excluding carboxylic acids is 1. The van der Waals surface area contributed by atoms with Gasteiger partial charge >= 0.3 is 0 Å². The monoisotopic (exact) mass is 332 g/mol. The van der Waals surface area contributed by atoms with E-state index in [1.165, 1.54) is 0 Å². The van der Waals surface area contributed by atoms with Crippen LogP contribution in [0.3, 0.4) is 0 Å². The molecule has 24 heavy (non-hydrogen) atoms. The molecule has 0 bridgehead atoms. The lowest BCUT2D eigenvalue weighted by Gasteiger charge is -2.14. The van der Waals surface area contributed by atoms with E-state index in [-0.39, 0.29) is 12.2 Å². The summed E-state index contributed by atoms with van der Waals surface area (Å²) in [4.78, 5) is 10.7. The van der Waals surface area contributed by atoms with Crippen molar-refractivity contribution in [3.05, 3.63) is 29.1 Å². The normalized spacial score (nSPS) is 10.7. The molecule has 2 rings (SSSR count). The Balaban J connectivity index is 1.82. The largest absolute Gasteiger partial charge is 0.507 e. The summed E-state index contributed by atoms with van der Waals surface area (Å²) in [5.74, 6) is 1.64. The number of nitrogens with zero attached hydrogens (tertiary/aromatic N) is 3. The number of H-pyrrole nitrogens is 1. The summed E-state index contributed by atoms with van der Waals surface area (Å²) >= 11 is 0. The first kappa shape index (κ1) is 17.9. The maximum absolute atomic E-state index is 10.7. The second kappa shape index (κ2) is 9.64. The molecule has 0 spiro atoms. The molecule has 0 unspecified atom stereocenters. The van der Waals surface area contributed by atoms with Crippen molar-refractivity contribution >= 4 is 6.29 Å². The molecule has 0 aliphatic heterocycles. The number of carbonyl (C=O) groups is 1. The van der Waals surface area contributed by atoms with Crippen molar-refractivity contribution in [3.8, 4) is 11.5 Å². The van der Waals surface area contributed by atoms with Crippen LogP contribution in [-0.2, 0) is 24.1 Å². The molecule has 2 aromatic rings. The highest BCUT2D eigenvalue weighted by Crippen LogP contribution is 2.32. The molecule has 0 fully saturated rings. The summed E-state index contributed by atoms with van der Waals surface area (Å²) in [6.45, 7) is 2.64. The number of hydrogen-bond donors (Lipinski definition) is 2. The maximum atomic E-state index is 10.7. The first-order chi connectivity index (χ1) is 11.8. The molecular formula is C17H24N4O3. The highest BCUT2D eigenvalue weighted by molar-refractivity contribution is 5.60. The summed E-state index contributed by atoms with van der Waals surface area (Å²) in [7, 11) is 0. The third-order valence-corrected chi connectivity index (χ3v) is 3.82. The minimum absolute atomic E-state index is 0.193. The van der Waals surface area contributed by atoms with Gasteiger partial charge in [0, 0.05) is 24.0 Å². The topological polar surface area (TPSA) is 101 Å². The van der Waals surface area contributed by atoms with Gasteiger partial charge in [-0.2, -0.15) is 5.21 Å². The van der Waals surface area contributed by atoms with E-state index < -0.39 is 0 Å². The molecule has 2 N–H and O–H groups in total. The summed E-state index contributed by atoms with van der Waals surface area (Å²) < 4.78 is 5.84. The van der Waals surface area contributed by atoms with Gasteiger partial charge < -0.3 is 14.6 Å². The van der Waals surface area contributed by atoms with E-state index in [1.54, 1.807) is 6.07 Å². The van der Waals surface area contributed by atoms with Crippen molar-refractivity contribution in [2.24, 2.45) is 0 Å². The van der Waals surface area contributed by atoms with Gasteiger partial charge in [-0.15, -0.1) is 10.2 Å². The third kappa shape index (κ3) is 5.04. The zero-order valence-corrected chi connectivity index (χ0v) is 14.0. The molecule has 0 aliphatic rings. The Labute approximate surface area is 141 Å². The lowest BCUT2D eigenvalue weighted by molar-refractivity contribution is -0.107. The molecule has 0 aliphatic carbocycles. The van der Waals surface area contributed by atoms with Gasteiger partial charge in [-0.25, -0.2) is 0 Å². The van der Waals surface area contributed by atoms with Crippen LogP contribution < -0.4 is 4.74 Å². The minimum atomic E-state index is 0.193. The number of aromatic nitrogens is 4. The van der Waals surface area contributed by atoms with E-state index in [0.29, 0.717) is 17.9 Å². The molecule has 7 nitrogen and oxygen atoms in total. The van der Waals surface area contributed by atoms with Crippen LogP contribution >= 0.6 is 0 Å². The average Bonchev–Trinajstić information content (AvgIpc) is 3.09. The van der Waals surface area contributed by atoms with Gasteiger partial charge in [0.1, 0.15) is 17.8 Å².